The van der Waals surface area contributed by atoms with Gasteiger partial charge in [0.25, 0.3) is 0 Å². The van der Waals surface area contributed by atoms with Crippen molar-refractivity contribution in [1.82, 2.24) is 10.2 Å². The van der Waals surface area contributed by atoms with E-state index in [0.717, 1.165) is 43.7 Å². The number of nitrogens with zero attached hydrogens (tertiary/aromatic N) is 1. The summed E-state index contributed by atoms with van der Waals surface area (Å²) in [6.07, 6.45) is 0.841. The second-order valence-corrected chi connectivity index (χ2v) is 5.55. The molecule has 0 amide bonds. The van der Waals surface area contributed by atoms with Gasteiger partial charge in [0.15, 0.2) is 0 Å². The Bertz CT molecular complexity index is 462. The van der Waals surface area contributed by atoms with Crippen LogP contribution in [0.25, 0.3) is 0 Å². The van der Waals surface area contributed by atoms with Gasteiger partial charge in [0, 0.05) is 37.8 Å². The first-order valence-corrected chi connectivity index (χ1v) is 7.04. The Morgan fingerprint density at radius 3 is 2.57 bits per heavy atom. The molecule has 2 N–H and O–H groups in total. The number of piperazine rings is 1. The van der Waals surface area contributed by atoms with Crippen molar-refractivity contribution in [2.75, 3.05) is 26.2 Å². The molecule has 0 bridgehead atoms. The number of para-hydroxylation sites is 1. The molecule has 2 rings (SSSR count). The molecule has 6 heteroatoms. The Morgan fingerprint density at radius 2 is 2.00 bits per heavy atom. The number of aromatic hydroxyl groups is 1. The average molecular weight is 354 g/mol. The van der Waals surface area contributed by atoms with Gasteiger partial charge in [-0.1, -0.05) is 29.3 Å². The van der Waals surface area contributed by atoms with Crippen molar-refractivity contribution in [3.05, 3.63) is 40.9 Å². The number of hydrogen-bond donors (Lipinski definition) is 2. The van der Waals surface area contributed by atoms with E-state index in [1.165, 1.54) is 0 Å². The molecular formula is C15H23Cl3N2O. The van der Waals surface area contributed by atoms with Crippen LogP contribution in [0, 0.1) is 0 Å². The number of hydrogen-bond acceptors (Lipinski definition) is 3. The number of rotatable bonds is 4. The maximum atomic E-state index is 10.2. The molecule has 1 aromatic rings. The van der Waals surface area contributed by atoms with Crippen molar-refractivity contribution in [3.63, 3.8) is 0 Å². The molecule has 1 saturated heterocycles. The van der Waals surface area contributed by atoms with Crippen LogP contribution in [-0.2, 0) is 0 Å². The van der Waals surface area contributed by atoms with E-state index in [9.17, 15) is 5.11 Å². The third-order valence-electron chi connectivity index (χ3n) is 3.51. The van der Waals surface area contributed by atoms with Gasteiger partial charge in [-0.3, -0.25) is 4.90 Å². The first-order valence-electron chi connectivity index (χ1n) is 6.66. The smallest absolute Gasteiger partial charge is 0.138 e. The molecule has 3 nitrogen and oxygen atoms in total. The van der Waals surface area contributed by atoms with E-state index in [0.29, 0.717) is 5.02 Å². The Labute approximate surface area is 144 Å². The molecule has 1 aromatic carbocycles. The zero-order chi connectivity index (χ0) is 13.8. The van der Waals surface area contributed by atoms with Crippen LogP contribution in [0.15, 0.2) is 30.4 Å². The summed E-state index contributed by atoms with van der Waals surface area (Å²) in [7, 11) is 0. The molecule has 1 aliphatic rings. The van der Waals surface area contributed by atoms with Crippen LogP contribution in [0.5, 0.6) is 5.75 Å². The number of phenolic OH excluding ortho intramolecular Hbond substituents is 1. The standard InChI is InChI=1S/C15H21ClN2O.2ClH/c1-11(2)10-14(18-8-6-17-7-9-18)12-4-3-5-13(16)15(12)19;;/h3-5,14,17,19H,1,6-10H2,2H3;2*1H/t14-;;/m0../s1. The second kappa shape index (κ2) is 9.54. The Balaban J connectivity index is 0.00000200. The zero-order valence-electron chi connectivity index (χ0n) is 12.1. The van der Waals surface area contributed by atoms with Gasteiger partial charge >= 0.3 is 0 Å². The van der Waals surface area contributed by atoms with Crippen LogP contribution in [0.4, 0.5) is 0 Å². The van der Waals surface area contributed by atoms with Crippen LogP contribution < -0.4 is 5.32 Å². The first kappa shape index (κ1) is 20.6. The summed E-state index contributed by atoms with van der Waals surface area (Å²) in [5, 5.41) is 14.0. The maximum absolute atomic E-state index is 10.2. The van der Waals surface area contributed by atoms with Crippen LogP contribution in [0.3, 0.4) is 0 Å². The summed E-state index contributed by atoms with van der Waals surface area (Å²) in [6.45, 7) is 9.95. The molecule has 0 aromatic heterocycles. The summed E-state index contributed by atoms with van der Waals surface area (Å²) >= 11 is 6.03. The molecule has 0 spiro atoms. The van der Waals surface area contributed by atoms with E-state index in [1.54, 1.807) is 6.07 Å². The van der Waals surface area contributed by atoms with E-state index >= 15 is 0 Å². The zero-order valence-corrected chi connectivity index (χ0v) is 14.5. The lowest BCUT2D eigenvalue weighted by molar-refractivity contribution is 0.170. The van der Waals surface area contributed by atoms with Crippen molar-refractivity contribution >= 4 is 36.4 Å². The molecule has 21 heavy (non-hydrogen) atoms. The Morgan fingerprint density at radius 1 is 1.38 bits per heavy atom. The van der Waals surface area contributed by atoms with Gasteiger partial charge in [-0.25, -0.2) is 0 Å². The van der Waals surface area contributed by atoms with E-state index in [-0.39, 0.29) is 36.6 Å². The fraction of sp³-hybridized carbons (Fsp3) is 0.467. The van der Waals surface area contributed by atoms with Gasteiger partial charge in [0.05, 0.1) is 5.02 Å². The highest BCUT2D eigenvalue weighted by atomic mass is 35.5. The van der Waals surface area contributed by atoms with Crippen LogP contribution >= 0.6 is 36.4 Å². The van der Waals surface area contributed by atoms with Crippen molar-refractivity contribution < 1.29 is 5.11 Å². The molecule has 0 unspecified atom stereocenters. The SMILES string of the molecule is C=C(C)C[C@@H](c1cccc(Cl)c1O)N1CCNCC1.Cl.Cl. The monoisotopic (exact) mass is 352 g/mol. The molecule has 0 radical (unpaired) electrons. The lowest BCUT2D eigenvalue weighted by atomic mass is 9.97. The highest BCUT2D eigenvalue weighted by molar-refractivity contribution is 6.32. The van der Waals surface area contributed by atoms with Crippen LogP contribution in [-0.4, -0.2) is 36.2 Å². The fourth-order valence-corrected chi connectivity index (χ4v) is 2.74. The predicted molar refractivity (Wildman–Crippen MR) is 94.2 cm³/mol. The largest absolute Gasteiger partial charge is 0.506 e. The number of phenols is 1. The van der Waals surface area contributed by atoms with Gasteiger partial charge in [-0.05, 0) is 19.4 Å². The number of benzene rings is 1. The minimum atomic E-state index is 0. The quantitative estimate of drug-likeness (QED) is 0.808. The van der Waals surface area contributed by atoms with E-state index in [4.69, 9.17) is 11.6 Å². The molecule has 1 atom stereocenters. The van der Waals surface area contributed by atoms with E-state index < -0.39 is 0 Å². The number of halogens is 3. The summed E-state index contributed by atoms with van der Waals surface area (Å²) in [4.78, 5) is 2.39. The van der Waals surface area contributed by atoms with Crippen LogP contribution in [0.2, 0.25) is 5.02 Å². The molecule has 1 heterocycles. The topological polar surface area (TPSA) is 35.5 Å². The molecule has 1 aliphatic heterocycles. The summed E-state index contributed by atoms with van der Waals surface area (Å²) in [5.74, 6) is 0.203. The van der Waals surface area contributed by atoms with E-state index in [1.807, 2.05) is 19.1 Å². The summed E-state index contributed by atoms with van der Waals surface area (Å²) in [6, 6.07) is 5.72. The van der Waals surface area contributed by atoms with Gasteiger partial charge < -0.3 is 10.4 Å². The molecule has 0 saturated carbocycles. The Hall–Kier alpha value is -0.450. The highest BCUT2D eigenvalue weighted by Crippen LogP contribution is 2.37. The predicted octanol–water partition coefficient (Wildman–Crippen LogP) is 3.80. The van der Waals surface area contributed by atoms with Crippen molar-refractivity contribution in [2.24, 2.45) is 0 Å². The third kappa shape index (κ3) is 5.35. The first-order chi connectivity index (χ1) is 9.09. The highest BCUT2D eigenvalue weighted by Gasteiger charge is 2.25. The average Bonchev–Trinajstić information content (AvgIpc) is 2.40. The van der Waals surface area contributed by atoms with Crippen LogP contribution in [0.1, 0.15) is 24.9 Å². The maximum Gasteiger partial charge on any atom is 0.138 e. The lowest BCUT2D eigenvalue weighted by Crippen LogP contribution is -2.45. The second-order valence-electron chi connectivity index (χ2n) is 5.14. The summed E-state index contributed by atoms with van der Waals surface area (Å²) in [5.41, 5.74) is 2.01. The fourth-order valence-electron chi connectivity index (χ4n) is 2.56. The molecule has 120 valence electrons. The normalized spacial score (nSPS) is 16.5. The molecule has 0 aliphatic carbocycles. The minimum absolute atomic E-state index is 0. The van der Waals surface area contributed by atoms with Gasteiger partial charge in [-0.2, -0.15) is 0 Å². The lowest BCUT2D eigenvalue weighted by Gasteiger charge is -2.35. The van der Waals surface area contributed by atoms with Gasteiger partial charge in [-0.15, -0.1) is 31.4 Å². The van der Waals surface area contributed by atoms with Crippen molar-refractivity contribution in [3.8, 4) is 5.75 Å². The van der Waals surface area contributed by atoms with Crippen molar-refractivity contribution in [1.29, 1.82) is 0 Å². The van der Waals surface area contributed by atoms with E-state index in [2.05, 4.69) is 16.8 Å². The Kier molecular flexibility index (Phi) is 9.34. The molecule has 1 fully saturated rings. The third-order valence-corrected chi connectivity index (χ3v) is 3.82. The summed E-state index contributed by atoms with van der Waals surface area (Å²) < 4.78 is 0. The van der Waals surface area contributed by atoms with Crippen molar-refractivity contribution in [2.45, 2.75) is 19.4 Å². The van der Waals surface area contributed by atoms with Gasteiger partial charge in [0.2, 0.25) is 0 Å². The van der Waals surface area contributed by atoms with Gasteiger partial charge in [0.1, 0.15) is 5.75 Å². The number of nitrogens with one attached hydrogen (secondary N) is 1. The molecular weight excluding hydrogens is 331 g/mol. The minimum Gasteiger partial charge on any atom is -0.506 e.